The minimum atomic E-state index is -0.419. The number of hydrogen-bond donors (Lipinski definition) is 0. The molecule has 4 aromatic rings. The molecule has 1 aliphatic heterocycles. The molecule has 0 N–H and O–H groups in total. The fourth-order valence-electron chi connectivity index (χ4n) is 3.84. The monoisotopic (exact) mass is 609 g/mol. The number of carbonyl (C=O) groups is 1. The Morgan fingerprint density at radius 1 is 1.05 bits per heavy atom. The van der Waals surface area contributed by atoms with Crippen molar-refractivity contribution in [1.82, 2.24) is 4.90 Å². The highest BCUT2D eigenvalue weighted by Crippen LogP contribution is 2.36. The molecule has 0 bridgehead atoms. The van der Waals surface area contributed by atoms with E-state index >= 15 is 0 Å². The van der Waals surface area contributed by atoms with Gasteiger partial charge >= 0.3 is 0 Å². The standard InChI is InChI=1S/C30H22Cl2FN3O4S/c1-38-27-13-19(8-11-26(27)40-18-21-9-10-22(31)15-24(21)32)14-28-29(37)36(17-23-6-4-12-39-23)30(41-28)35-34-16-20-5-2-3-7-25(20)33/h2-16H,17-18H2,1H3/b28-14-,34-16-,35-30+. The highest BCUT2D eigenvalue weighted by molar-refractivity contribution is 8.18. The zero-order valence-corrected chi connectivity index (χ0v) is 23.9. The molecule has 208 valence electrons. The Hall–Kier alpha value is -4.05. The Morgan fingerprint density at radius 2 is 1.90 bits per heavy atom. The number of thioether (sulfide) groups is 1. The van der Waals surface area contributed by atoms with Gasteiger partial charge in [-0.25, -0.2) is 4.39 Å². The van der Waals surface area contributed by atoms with E-state index in [2.05, 4.69) is 10.2 Å². The Balaban J connectivity index is 1.37. The molecule has 1 fully saturated rings. The molecule has 0 spiro atoms. The molecule has 2 heterocycles. The lowest BCUT2D eigenvalue weighted by Gasteiger charge is -2.13. The van der Waals surface area contributed by atoms with Gasteiger partial charge in [-0.3, -0.25) is 9.69 Å². The molecule has 1 saturated heterocycles. The molecule has 1 aliphatic rings. The summed E-state index contributed by atoms with van der Waals surface area (Å²) in [5.41, 5.74) is 1.77. The van der Waals surface area contributed by atoms with Crippen LogP contribution in [0.4, 0.5) is 4.39 Å². The third kappa shape index (κ3) is 7.00. The smallest absolute Gasteiger partial charge is 0.267 e. The topological polar surface area (TPSA) is 76.6 Å². The van der Waals surface area contributed by atoms with E-state index in [0.717, 1.165) is 17.3 Å². The number of amides is 1. The van der Waals surface area contributed by atoms with Gasteiger partial charge in [-0.05, 0) is 65.9 Å². The highest BCUT2D eigenvalue weighted by atomic mass is 35.5. The molecule has 41 heavy (non-hydrogen) atoms. The van der Waals surface area contributed by atoms with Crippen molar-refractivity contribution < 1.29 is 23.1 Å². The van der Waals surface area contributed by atoms with Crippen LogP contribution in [0.25, 0.3) is 6.08 Å². The first-order chi connectivity index (χ1) is 19.9. The van der Waals surface area contributed by atoms with Crippen molar-refractivity contribution in [2.24, 2.45) is 10.2 Å². The average Bonchev–Trinajstić information content (AvgIpc) is 3.58. The largest absolute Gasteiger partial charge is 0.493 e. The van der Waals surface area contributed by atoms with E-state index in [9.17, 15) is 9.18 Å². The Kier molecular flexibility index (Phi) is 9.08. The Bertz CT molecular complexity index is 1660. The zero-order chi connectivity index (χ0) is 28.8. The van der Waals surface area contributed by atoms with Crippen molar-refractivity contribution >= 4 is 58.3 Å². The molecule has 0 aliphatic carbocycles. The van der Waals surface area contributed by atoms with Crippen LogP contribution in [0.1, 0.15) is 22.5 Å². The first kappa shape index (κ1) is 28.5. The lowest BCUT2D eigenvalue weighted by molar-refractivity contribution is -0.122. The van der Waals surface area contributed by atoms with Crippen molar-refractivity contribution in [3.63, 3.8) is 0 Å². The fraction of sp³-hybridized carbons (Fsp3) is 0.100. The van der Waals surface area contributed by atoms with Crippen LogP contribution in [0, 0.1) is 5.82 Å². The van der Waals surface area contributed by atoms with Gasteiger partial charge in [0.1, 0.15) is 18.2 Å². The number of furan rings is 1. The van der Waals surface area contributed by atoms with Gasteiger partial charge in [-0.2, -0.15) is 5.10 Å². The van der Waals surface area contributed by atoms with Gasteiger partial charge in [-0.15, -0.1) is 5.10 Å². The van der Waals surface area contributed by atoms with E-state index in [0.29, 0.717) is 42.9 Å². The van der Waals surface area contributed by atoms with Crippen molar-refractivity contribution in [2.45, 2.75) is 13.2 Å². The molecular formula is C30H22Cl2FN3O4S. The number of methoxy groups -OCH3 is 1. The summed E-state index contributed by atoms with van der Waals surface area (Å²) in [6.07, 6.45) is 4.57. The van der Waals surface area contributed by atoms with Gasteiger partial charge in [0.05, 0.1) is 31.0 Å². The molecule has 0 atom stereocenters. The van der Waals surface area contributed by atoms with E-state index in [-0.39, 0.29) is 24.6 Å². The molecular weight excluding hydrogens is 588 g/mol. The van der Waals surface area contributed by atoms with Crippen LogP contribution in [-0.4, -0.2) is 29.3 Å². The van der Waals surface area contributed by atoms with Crippen LogP contribution >= 0.6 is 35.0 Å². The number of ether oxygens (including phenoxy) is 2. The third-order valence-electron chi connectivity index (χ3n) is 5.91. The van der Waals surface area contributed by atoms with Gasteiger partial charge in [0, 0.05) is 21.2 Å². The van der Waals surface area contributed by atoms with Gasteiger partial charge in [0.25, 0.3) is 5.91 Å². The molecule has 0 saturated carbocycles. The number of benzene rings is 3. The average molecular weight is 610 g/mol. The van der Waals surface area contributed by atoms with Crippen LogP contribution in [0.5, 0.6) is 11.5 Å². The van der Waals surface area contributed by atoms with E-state index in [1.165, 1.54) is 30.6 Å². The molecule has 1 aromatic heterocycles. The van der Waals surface area contributed by atoms with Gasteiger partial charge in [0.2, 0.25) is 0 Å². The number of hydrogen-bond acceptors (Lipinski definition) is 7. The zero-order valence-electron chi connectivity index (χ0n) is 21.6. The van der Waals surface area contributed by atoms with Gasteiger partial charge in [-0.1, -0.05) is 53.5 Å². The maximum absolute atomic E-state index is 14.0. The van der Waals surface area contributed by atoms with Crippen molar-refractivity contribution in [2.75, 3.05) is 7.11 Å². The minimum Gasteiger partial charge on any atom is -0.493 e. The molecule has 1 amide bonds. The lowest BCUT2D eigenvalue weighted by Crippen LogP contribution is -2.28. The Morgan fingerprint density at radius 3 is 2.66 bits per heavy atom. The van der Waals surface area contributed by atoms with Crippen LogP contribution in [0.15, 0.2) is 98.6 Å². The molecule has 7 nitrogen and oxygen atoms in total. The maximum Gasteiger partial charge on any atom is 0.267 e. The number of rotatable bonds is 9. The summed E-state index contributed by atoms with van der Waals surface area (Å²) in [6.45, 7) is 0.379. The van der Waals surface area contributed by atoms with E-state index in [4.69, 9.17) is 37.1 Å². The van der Waals surface area contributed by atoms with Crippen LogP contribution in [0.2, 0.25) is 10.0 Å². The number of amidine groups is 1. The predicted octanol–water partition coefficient (Wildman–Crippen LogP) is 7.82. The predicted molar refractivity (Wildman–Crippen MR) is 160 cm³/mol. The molecule has 11 heteroatoms. The molecule has 5 rings (SSSR count). The highest BCUT2D eigenvalue weighted by Gasteiger charge is 2.34. The summed E-state index contributed by atoms with van der Waals surface area (Å²) in [5.74, 6) is 0.876. The number of carbonyl (C=O) groups excluding carboxylic acids is 1. The number of halogens is 3. The fourth-order valence-corrected chi connectivity index (χ4v) is 5.24. The summed E-state index contributed by atoms with van der Waals surface area (Å²) < 4.78 is 30.9. The minimum absolute atomic E-state index is 0.160. The first-order valence-electron chi connectivity index (χ1n) is 12.3. The van der Waals surface area contributed by atoms with Crippen molar-refractivity contribution in [1.29, 1.82) is 0 Å². The Labute approximate surface area is 249 Å². The summed E-state index contributed by atoms with van der Waals surface area (Å²) in [6, 6.07) is 20.3. The van der Waals surface area contributed by atoms with Gasteiger partial charge < -0.3 is 13.9 Å². The number of nitrogens with zero attached hydrogens (tertiary/aromatic N) is 3. The quantitative estimate of drug-likeness (QED) is 0.110. The maximum atomic E-state index is 14.0. The summed E-state index contributed by atoms with van der Waals surface area (Å²) in [4.78, 5) is 15.3. The second-order valence-corrected chi connectivity index (χ2v) is 10.5. The van der Waals surface area contributed by atoms with Crippen LogP contribution in [0.3, 0.4) is 0 Å². The second-order valence-electron chi connectivity index (χ2n) is 8.66. The summed E-state index contributed by atoms with van der Waals surface area (Å²) >= 11 is 13.4. The summed E-state index contributed by atoms with van der Waals surface area (Å²) in [5, 5.41) is 9.63. The van der Waals surface area contributed by atoms with E-state index in [1.807, 2.05) is 6.07 Å². The first-order valence-corrected chi connectivity index (χ1v) is 13.8. The normalized spacial score (nSPS) is 15.4. The van der Waals surface area contributed by atoms with Crippen LogP contribution in [-0.2, 0) is 17.9 Å². The van der Waals surface area contributed by atoms with Crippen molar-refractivity contribution in [3.05, 3.63) is 122 Å². The van der Waals surface area contributed by atoms with Crippen LogP contribution < -0.4 is 9.47 Å². The SMILES string of the molecule is COc1cc(/C=C2\S/C(=N/N=C\c3ccccc3F)N(Cc3ccco3)C2=O)ccc1OCc1ccc(Cl)cc1Cl. The second kappa shape index (κ2) is 13.1. The van der Waals surface area contributed by atoms with Crippen molar-refractivity contribution in [3.8, 4) is 11.5 Å². The van der Waals surface area contributed by atoms with E-state index in [1.54, 1.807) is 66.7 Å². The molecule has 0 unspecified atom stereocenters. The summed E-state index contributed by atoms with van der Waals surface area (Å²) in [7, 11) is 1.54. The molecule has 3 aromatic carbocycles. The van der Waals surface area contributed by atoms with E-state index < -0.39 is 5.82 Å². The lowest BCUT2D eigenvalue weighted by atomic mass is 10.1. The molecule has 0 radical (unpaired) electrons. The third-order valence-corrected chi connectivity index (χ3v) is 7.50. The van der Waals surface area contributed by atoms with Gasteiger partial charge in [0.15, 0.2) is 16.7 Å².